The van der Waals surface area contributed by atoms with Gasteiger partial charge in [-0.05, 0) is 30.7 Å². The van der Waals surface area contributed by atoms with Crippen molar-refractivity contribution in [3.63, 3.8) is 0 Å². The lowest BCUT2D eigenvalue weighted by Gasteiger charge is -2.12. The topological polar surface area (TPSA) is 116 Å². The third-order valence-electron chi connectivity index (χ3n) is 3.08. The van der Waals surface area contributed by atoms with Crippen LogP contribution in [0.2, 0.25) is 0 Å². The Morgan fingerprint density at radius 1 is 1.29 bits per heavy atom. The van der Waals surface area contributed by atoms with Crippen molar-refractivity contribution in [2.24, 2.45) is 0 Å². The summed E-state index contributed by atoms with van der Waals surface area (Å²) in [6.45, 7) is -0.0152. The number of hydrogen-bond acceptors (Lipinski definition) is 6. The number of anilines is 1. The zero-order chi connectivity index (χ0) is 15.5. The summed E-state index contributed by atoms with van der Waals surface area (Å²) in [7, 11) is -6.66. The highest BCUT2D eigenvalue weighted by atomic mass is 32.2. The molecule has 1 aromatic rings. The first kappa shape index (κ1) is 16.1. The molecule has 0 aliphatic carbocycles. The van der Waals surface area contributed by atoms with Gasteiger partial charge in [0.25, 0.3) is 0 Å². The van der Waals surface area contributed by atoms with Crippen LogP contribution in [-0.2, 0) is 19.9 Å². The van der Waals surface area contributed by atoms with Crippen LogP contribution in [0.15, 0.2) is 24.3 Å². The maximum Gasteiger partial charge on any atom is 0.215 e. The van der Waals surface area contributed by atoms with E-state index >= 15 is 0 Å². The number of ether oxygens (including phenoxy) is 1. The van der Waals surface area contributed by atoms with E-state index in [-0.39, 0.29) is 23.9 Å². The van der Waals surface area contributed by atoms with E-state index < -0.39 is 25.9 Å². The highest BCUT2D eigenvalue weighted by Gasteiger charge is 2.30. The maximum atomic E-state index is 11.8. The van der Waals surface area contributed by atoms with Gasteiger partial charge in [0.15, 0.2) is 9.84 Å². The molecular weight excluding hydrogens is 316 g/mol. The number of sulfonamides is 1. The minimum Gasteiger partial charge on any atom is -0.492 e. The Kier molecular flexibility index (Phi) is 4.74. The monoisotopic (exact) mass is 334 g/mol. The van der Waals surface area contributed by atoms with E-state index in [0.29, 0.717) is 17.9 Å². The SMILES string of the molecule is Nc1ccc(OCCS(=O)(=O)NC2CCS(=O)(=O)C2)cc1. The summed E-state index contributed by atoms with van der Waals surface area (Å²) >= 11 is 0. The highest BCUT2D eigenvalue weighted by molar-refractivity contribution is 7.92. The van der Waals surface area contributed by atoms with Crippen LogP contribution in [0.3, 0.4) is 0 Å². The van der Waals surface area contributed by atoms with Crippen LogP contribution in [0.1, 0.15) is 6.42 Å². The van der Waals surface area contributed by atoms with E-state index in [9.17, 15) is 16.8 Å². The summed E-state index contributed by atoms with van der Waals surface area (Å²) in [6, 6.07) is 6.09. The Balaban J connectivity index is 1.80. The van der Waals surface area contributed by atoms with Crippen LogP contribution >= 0.6 is 0 Å². The van der Waals surface area contributed by atoms with E-state index in [0.717, 1.165) is 0 Å². The number of sulfone groups is 1. The minimum absolute atomic E-state index is 0.0152. The van der Waals surface area contributed by atoms with Crippen LogP contribution in [0.25, 0.3) is 0 Å². The molecule has 2 rings (SSSR count). The summed E-state index contributed by atoms with van der Waals surface area (Å²) in [6.07, 6.45) is 0.320. The normalized spacial score (nSPS) is 21.2. The van der Waals surface area contributed by atoms with Crippen molar-refractivity contribution in [3.8, 4) is 5.75 Å². The molecular formula is C12H18N2O5S2. The van der Waals surface area contributed by atoms with Gasteiger partial charge in [0.1, 0.15) is 12.4 Å². The lowest BCUT2D eigenvalue weighted by molar-refractivity contribution is 0.340. The minimum atomic E-state index is -3.56. The molecule has 21 heavy (non-hydrogen) atoms. The Labute approximate surface area is 124 Å². The van der Waals surface area contributed by atoms with Crippen LogP contribution in [0.4, 0.5) is 5.69 Å². The van der Waals surface area contributed by atoms with Crippen molar-refractivity contribution in [2.45, 2.75) is 12.5 Å². The summed E-state index contributed by atoms with van der Waals surface area (Å²) in [5.41, 5.74) is 6.12. The molecule has 0 radical (unpaired) electrons. The van der Waals surface area contributed by atoms with Crippen molar-refractivity contribution < 1.29 is 21.6 Å². The third kappa shape index (κ3) is 5.18. The van der Waals surface area contributed by atoms with Gasteiger partial charge in [-0.2, -0.15) is 0 Å². The summed E-state index contributed by atoms with van der Waals surface area (Å²) in [5, 5.41) is 0. The molecule has 1 unspecified atom stereocenters. The molecule has 0 aromatic heterocycles. The first-order valence-corrected chi connectivity index (χ1v) is 9.92. The average molecular weight is 334 g/mol. The van der Waals surface area contributed by atoms with Gasteiger partial charge in [-0.15, -0.1) is 0 Å². The third-order valence-corrected chi connectivity index (χ3v) is 6.24. The first-order valence-electron chi connectivity index (χ1n) is 6.44. The molecule has 0 saturated carbocycles. The Hall–Kier alpha value is -1.32. The standard InChI is InChI=1S/C12H18N2O5S2/c13-10-1-3-12(4-2-10)19-6-8-21(17,18)14-11-5-7-20(15,16)9-11/h1-4,11,14H,5-9,13H2. The van der Waals surface area contributed by atoms with Crippen molar-refractivity contribution in [1.29, 1.82) is 0 Å². The molecule has 9 heteroatoms. The number of nitrogens with one attached hydrogen (secondary N) is 1. The summed E-state index contributed by atoms with van der Waals surface area (Å²) < 4.78 is 53.9. The molecule has 1 aliphatic heterocycles. The summed E-state index contributed by atoms with van der Waals surface area (Å²) in [4.78, 5) is 0. The maximum absolute atomic E-state index is 11.8. The predicted molar refractivity (Wildman–Crippen MR) is 80.3 cm³/mol. The van der Waals surface area contributed by atoms with Gasteiger partial charge in [0, 0.05) is 11.7 Å². The van der Waals surface area contributed by atoms with Crippen molar-refractivity contribution in [2.75, 3.05) is 29.6 Å². The fourth-order valence-corrected chi connectivity index (χ4v) is 4.94. The molecule has 118 valence electrons. The van der Waals surface area contributed by atoms with E-state index in [1.165, 1.54) is 0 Å². The van der Waals surface area contributed by atoms with Gasteiger partial charge in [0.05, 0.1) is 17.3 Å². The number of hydrogen-bond donors (Lipinski definition) is 2. The lowest BCUT2D eigenvalue weighted by atomic mass is 10.3. The van der Waals surface area contributed by atoms with Crippen LogP contribution < -0.4 is 15.2 Å². The molecule has 1 heterocycles. The fraction of sp³-hybridized carbons (Fsp3) is 0.500. The van der Waals surface area contributed by atoms with Gasteiger partial charge >= 0.3 is 0 Å². The highest BCUT2D eigenvalue weighted by Crippen LogP contribution is 2.14. The molecule has 0 amide bonds. The number of nitrogens with two attached hydrogens (primary N) is 1. The number of rotatable bonds is 6. The van der Waals surface area contributed by atoms with Gasteiger partial charge in [-0.3, -0.25) is 0 Å². The lowest BCUT2D eigenvalue weighted by Crippen LogP contribution is -2.38. The molecule has 7 nitrogen and oxygen atoms in total. The molecule has 1 aliphatic rings. The zero-order valence-electron chi connectivity index (χ0n) is 11.4. The van der Waals surface area contributed by atoms with Gasteiger partial charge in [-0.1, -0.05) is 0 Å². The van der Waals surface area contributed by atoms with Crippen LogP contribution in [0.5, 0.6) is 5.75 Å². The Morgan fingerprint density at radius 3 is 2.52 bits per heavy atom. The van der Waals surface area contributed by atoms with Crippen molar-refractivity contribution in [3.05, 3.63) is 24.3 Å². The second-order valence-electron chi connectivity index (χ2n) is 4.95. The van der Waals surface area contributed by atoms with E-state index in [2.05, 4.69) is 4.72 Å². The second kappa shape index (κ2) is 6.20. The fourth-order valence-electron chi connectivity index (χ4n) is 2.03. The quantitative estimate of drug-likeness (QED) is 0.693. The summed E-state index contributed by atoms with van der Waals surface area (Å²) in [5.74, 6) is 0.198. The average Bonchev–Trinajstić information content (AvgIpc) is 2.70. The number of nitrogen functional groups attached to an aromatic ring is 1. The van der Waals surface area contributed by atoms with Crippen LogP contribution in [-0.4, -0.2) is 46.7 Å². The molecule has 1 saturated heterocycles. The largest absolute Gasteiger partial charge is 0.492 e. The second-order valence-corrected chi connectivity index (χ2v) is 9.06. The van der Waals surface area contributed by atoms with E-state index in [1.54, 1.807) is 24.3 Å². The molecule has 0 bridgehead atoms. The Morgan fingerprint density at radius 2 is 1.95 bits per heavy atom. The van der Waals surface area contributed by atoms with Gasteiger partial charge in [-0.25, -0.2) is 21.6 Å². The zero-order valence-corrected chi connectivity index (χ0v) is 13.0. The molecule has 3 N–H and O–H groups in total. The van der Waals surface area contributed by atoms with Gasteiger partial charge in [0.2, 0.25) is 10.0 Å². The smallest absolute Gasteiger partial charge is 0.215 e. The molecule has 1 aromatic carbocycles. The molecule has 0 spiro atoms. The van der Waals surface area contributed by atoms with E-state index in [1.807, 2.05) is 0 Å². The van der Waals surface area contributed by atoms with Crippen molar-refractivity contribution >= 4 is 25.5 Å². The Bertz CT molecular complexity index is 683. The van der Waals surface area contributed by atoms with Crippen molar-refractivity contribution in [1.82, 2.24) is 4.72 Å². The van der Waals surface area contributed by atoms with Gasteiger partial charge < -0.3 is 10.5 Å². The van der Waals surface area contributed by atoms with Crippen LogP contribution in [0, 0.1) is 0 Å². The molecule has 1 atom stereocenters. The first-order chi connectivity index (χ1) is 9.76. The molecule has 1 fully saturated rings. The number of benzene rings is 1. The predicted octanol–water partition coefficient (Wildman–Crippen LogP) is -0.246. The van der Waals surface area contributed by atoms with E-state index in [4.69, 9.17) is 10.5 Å².